The van der Waals surface area contributed by atoms with Gasteiger partial charge >= 0.3 is 0 Å². The Bertz CT molecular complexity index is 440. The van der Waals surface area contributed by atoms with E-state index in [0.29, 0.717) is 32.3 Å². The lowest BCUT2D eigenvalue weighted by molar-refractivity contribution is -0.0251. The van der Waals surface area contributed by atoms with Crippen molar-refractivity contribution in [3.05, 3.63) is 35.4 Å². The number of hydrogen-bond donors (Lipinski definition) is 0. The number of ether oxygens (including phenoxy) is 2. The van der Waals surface area contributed by atoms with Gasteiger partial charge in [-0.2, -0.15) is 0 Å². The Morgan fingerprint density at radius 2 is 2.10 bits per heavy atom. The largest absolute Gasteiger partial charge is 0.382 e. The highest BCUT2D eigenvalue weighted by Crippen LogP contribution is 2.17. The SMILES string of the molecule is COCC1COCCN1C(=O)c1ccc(C(C)C)cc1. The van der Waals surface area contributed by atoms with Crippen molar-refractivity contribution in [2.24, 2.45) is 0 Å². The van der Waals surface area contributed by atoms with E-state index in [9.17, 15) is 4.79 Å². The van der Waals surface area contributed by atoms with Gasteiger partial charge in [-0.1, -0.05) is 26.0 Å². The molecule has 0 bridgehead atoms. The van der Waals surface area contributed by atoms with Crippen LogP contribution in [0.3, 0.4) is 0 Å². The summed E-state index contributed by atoms with van der Waals surface area (Å²) < 4.78 is 10.6. The minimum atomic E-state index is 0.00558. The minimum Gasteiger partial charge on any atom is -0.382 e. The Balaban J connectivity index is 2.12. The summed E-state index contributed by atoms with van der Waals surface area (Å²) in [5.41, 5.74) is 1.98. The fraction of sp³-hybridized carbons (Fsp3) is 0.562. The number of benzene rings is 1. The Morgan fingerprint density at radius 1 is 1.40 bits per heavy atom. The van der Waals surface area contributed by atoms with Crippen LogP contribution in [0.25, 0.3) is 0 Å². The maximum Gasteiger partial charge on any atom is 0.254 e. The van der Waals surface area contributed by atoms with Crippen LogP contribution in [0.2, 0.25) is 0 Å². The number of rotatable bonds is 4. The number of carbonyl (C=O) groups is 1. The Labute approximate surface area is 120 Å². The molecule has 0 radical (unpaired) electrons. The molecule has 0 saturated carbocycles. The number of hydrogen-bond acceptors (Lipinski definition) is 3. The first kappa shape index (κ1) is 15.0. The van der Waals surface area contributed by atoms with E-state index in [0.717, 1.165) is 5.56 Å². The smallest absolute Gasteiger partial charge is 0.254 e. The average Bonchev–Trinajstić information content (AvgIpc) is 2.47. The van der Waals surface area contributed by atoms with Gasteiger partial charge in [-0.15, -0.1) is 0 Å². The second-order valence-corrected chi connectivity index (χ2v) is 5.46. The van der Waals surface area contributed by atoms with Crippen LogP contribution in [-0.2, 0) is 9.47 Å². The summed E-state index contributed by atoms with van der Waals surface area (Å²) in [6.07, 6.45) is 0. The second kappa shape index (κ2) is 6.86. The Hall–Kier alpha value is -1.39. The number of nitrogens with zero attached hydrogens (tertiary/aromatic N) is 1. The van der Waals surface area contributed by atoms with E-state index < -0.39 is 0 Å². The van der Waals surface area contributed by atoms with E-state index in [1.165, 1.54) is 5.56 Å². The maximum absolute atomic E-state index is 12.6. The van der Waals surface area contributed by atoms with Gasteiger partial charge in [-0.25, -0.2) is 0 Å². The van der Waals surface area contributed by atoms with Gasteiger partial charge in [0.05, 0.1) is 25.9 Å². The molecule has 1 saturated heterocycles. The van der Waals surface area contributed by atoms with Gasteiger partial charge in [0.2, 0.25) is 0 Å². The zero-order chi connectivity index (χ0) is 14.5. The summed E-state index contributed by atoms with van der Waals surface area (Å²) in [4.78, 5) is 14.4. The fourth-order valence-electron chi connectivity index (χ4n) is 2.43. The summed E-state index contributed by atoms with van der Waals surface area (Å²) in [6, 6.07) is 7.90. The van der Waals surface area contributed by atoms with Gasteiger partial charge in [0.25, 0.3) is 5.91 Å². The molecule has 1 aliphatic heterocycles. The summed E-state index contributed by atoms with van der Waals surface area (Å²) in [5.74, 6) is 0.537. The molecule has 1 amide bonds. The first-order valence-corrected chi connectivity index (χ1v) is 7.11. The number of morpholine rings is 1. The molecular formula is C16H23NO3. The molecule has 110 valence electrons. The number of methoxy groups -OCH3 is 1. The average molecular weight is 277 g/mol. The predicted molar refractivity (Wildman–Crippen MR) is 78.1 cm³/mol. The lowest BCUT2D eigenvalue weighted by Gasteiger charge is -2.35. The van der Waals surface area contributed by atoms with Crippen molar-refractivity contribution in [2.45, 2.75) is 25.8 Å². The monoisotopic (exact) mass is 277 g/mol. The highest BCUT2D eigenvalue weighted by molar-refractivity contribution is 5.94. The molecule has 1 aromatic rings. The standard InChI is InChI=1S/C16H23NO3/c1-12(2)13-4-6-14(7-5-13)16(18)17-8-9-20-11-15(17)10-19-3/h4-7,12,15H,8-11H2,1-3H3. The van der Waals surface area contributed by atoms with Crippen LogP contribution in [0.4, 0.5) is 0 Å². The molecule has 0 spiro atoms. The van der Waals surface area contributed by atoms with E-state index in [4.69, 9.17) is 9.47 Å². The third kappa shape index (κ3) is 3.38. The molecule has 4 heteroatoms. The fourth-order valence-corrected chi connectivity index (χ4v) is 2.43. The molecule has 2 rings (SSSR count). The van der Waals surface area contributed by atoms with E-state index >= 15 is 0 Å². The molecule has 1 fully saturated rings. The molecule has 1 heterocycles. The lowest BCUT2D eigenvalue weighted by Crippen LogP contribution is -2.50. The maximum atomic E-state index is 12.6. The molecule has 1 aromatic carbocycles. The van der Waals surface area contributed by atoms with Crippen molar-refractivity contribution in [1.29, 1.82) is 0 Å². The molecule has 0 aromatic heterocycles. The molecule has 1 aliphatic rings. The summed E-state index contributed by atoms with van der Waals surface area (Å²) in [7, 11) is 1.65. The van der Waals surface area contributed by atoms with Crippen molar-refractivity contribution in [2.75, 3.05) is 33.5 Å². The van der Waals surface area contributed by atoms with E-state index in [2.05, 4.69) is 13.8 Å². The van der Waals surface area contributed by atoms with Gasteiger partial charge in [0, 0.05) is 19.2 Å². The first-order chi connectivity index (χ1) is 9.63. The van der Waals surface area contributed by atoms with Crippen molar-refractivity contribution in [3.8, 4) is 0 Å². The molecule has 1 atom stereocenters. The van der Waals surface area contributed by atoms with Crippen molar-refractivity contribution in [3.63, 3.8) is 0 Å². The molecule has 0 N–H and O–H groups in total. The van der Waals surface area contributed by atoms with Crippen LogP contribution >= 0.6 is 0 Å². The predicted octanol–water partition coefficient (Wildman–Crippen LogP) is 2.30. The van der Waals surface area contributed by atoms with Crippen molar-refractivity contribution in [1.82, 2.24) is 4.90 Å². The van der Waals surface area contributed by atoms with E-state index in [-0.39, 0.29) is 11.9 Å². The normalized spacial score (nSPS) is 19.4. The topological polar surface area (TPSA) is 38.8 Å². The van der Waals surface area contributed by atoms with Crippen LogP contribution in [0.1, 0.15) is 35.7 Å². The second-order valence-electron chi connectivity index (χ2n) is 5.46. The van der Waals surface area contributed by atoms with Crippen LogP contribution in [-0.4, -0.2) is 50.3 Å². The third-order valence-electron chi connectivity index (χ3n) is 3.67. The number of carbonyl (C=O) groups excluding carboxylic acids is 1. The van der Waals surface area contributed by atoms with Gasteiger partial charge in [0.1, 0.15) is 0 Å². The number of amides is 1. The molecule has 1 unspecified atom stereocenters. The highest BCUT2D eigenvalue weighted by Gasteiger charge is 2.27. The zero-order valence-electron chi connectivity index (χ0n) is 12.5. The van der Waals surface area contributed by atoms with E-state index in [1.54, 1.807) is 7.11 Å². The minimum absolute atomic E-state index is 0.00558. The summed E-state index contributed by atoms with van der Waals surface area (Å²) in [5, 5.41) is 0. The zero-order valence-corrected chi connectivity index (χ0v) is 12.5. The third-order valence-corrected chi connectivity index (χ3v) is 3.67. The first-order valence-electron chi connectivity index (χ1n) is 7.11. The van der Waals surface area contributed by atoms with Crippen LogP contribution in [0.5, 0.6) is 0 Å². The summed E-state index contributed by atoms with van der Waals surface area (Å²) >= 11 is 0. The van der Waals surface area contributed by atoms with Gasteiger partial charge in [0.15, 0.2) is 0 Å². The van der Waals surface area contributed by atoms with Gasteiger partial charge in [-0.05, 0) is 23.6 Å². The van der Waals surface area contributed by atoms with Gasteiger partial charge < -0.3 is 14.4 Å². The van der Waals surface area contributed by atoms with Crippen molar-refractivity contribution < 1.29 is 14.3 Å². The highest BCUT2D eigenvalue weighted by atomic mass is 16.5. The van der Waals surface area contributed by atoms with Crippen LogP contribution < -0.4 is 0 Å². The molecular weight excluding hydrogens is 254 g/mol. The molecule has 20 heavy (non-hydrogen) atoms. The lowest BCUT2D eigenvalue weighted by atomic mass is 10.0. The van der Waals surface area contributed by atoms with Crippen LogP contribution in [0, 0.1) is 0 Å². The van der Waals surface area contributed by atoms with Gasteiger partial charge in [-0.3, -0.25) is 4.79 Å². The Morgan fingerprint density at radius 3 is 2.70 bits per heavy atom. The van der Waals surface area contributed by atoms with Crippen molar-refractivity contribution >= 4 is 5.91 Å². The molecule has 0 aliphatic carbocycles. The quantitative estimate of drug-likeness (QED) is 0.847. The molecule has 4 nitrogen and oxygen atoms in total. The van der Waals surface area contributed by atoms with Crippen LogP contribution in [0.15, 0.2) is 24.3 Å². The van der Waals surface area contributed by atoms with E-state index in [1.807, 2.05) is 29.2 Å². The Kier molecular flexibility index (Phi) is 5.15. The summed E-state index contributed by atoms with van der Waals surface area (Å²) in [6.45, 7) is 6.56.